The molecule has 1 amide bonds. The Morgan fingerprint density at radius 1 is 1.62 bits per heavy atom. The summed E-state index contributed by atoms with van der Waals surface area (Å²) in [7, 11) is 0. The van der Waals surface area contributed by atoms with Gasteiger partial charge >= 0.3 is 6.01 Å². The van der Waals surface area contributed by atoms with Crippen LogP contribution in [0.3, 0.4) is 0 Å². The second kappa shape index (κ2) is 4.69. The minimum atomic E-state index is -0.399. The van der Waals surface area contributed by atoms with Crippen molar-refractivity contribution in [3.05, 3.63) is 5.89 Å². The van der Waals surface area contributed by atoms with E-state index in [-0.39, 0.29) is 17.8 Å². The van der Waals surface area contributed by atoms with E-state index in [9.17, 15) is 4.79 Å². The van der Waals surface area contributed by atoms with Crippen LogP contribution >= 0.6 is 11.6 Å². The van der Waals surface area contributed by atoms with E-state index in [1.54, 1.807) is 6.92 Å². The summed E-state index contributed by atoms with van der Waals surface area (Å²) in [6.07, 6.45) is 2.13. The highest BCUT2D eigenvalue weighted by atomic mass is 35.5. The molecule has 6 nitrogen and oxygen atoms in total. The van der Waals surface area contributed by atoms with Crippen molar-refractivity contribution in [1.82, 2.24) is 15.5 Å². The molecule has 1 aromatic rings. The lowest BCUT2D eigenvalue weighted by atomic mass is 10.3. The third-order valence-corrected chi connectivity index (χ3v) is 2.47. The van der Waals surface area contributed by atoms with E-state index >= 15 is 0 Å². The van der Waals surface area contributed by atoms with Gasteiger partial charge in [0.05, 0.1) is 0 Å². The molecule has 0 aromatic carbocycles. The van der Waals surface area contributed by atoms with Crippen LogP contribution < -0.4 is 10.6 Å². The number of alkyl halides is 1. The predicted molar refractivity (Wildman–Crippen MR) is 58.1 cm³/mol. The topological polar surface area (TPSA) is 80.1 Å². The zero-order valence-electron chi connectivity index (χ0n) is 8.86. The molecule has 1 aliphatic rings. The third-order valence-electron chi connectivity index (χ3n) is 2.24. The van der Waals surface area contributed by atoms with Crippen molar-refractivity contribution in [2.24, 2.45) is 0 Å². The van der Waals surface area contributed by atoms with Gasteiger partial charge in [0.25, 0.3) is 0 Å². The second-order valence-electron chi connectivity index (χ2n) is 3.78. The fourth-order valence-electron chi connectivity index (χ4n) is 1.17. The molecule has 1 heterocycles. The standard InChI is InChI=1S/C9H13ClN4O2/c1-5(8(15)12-6-2-3-6)11-9-14-13-7(4-10)16-9/h5-6H,2-4H2,1H3,(H,11,14)(H,12,15). The van der Waals surface area contributed by atoms with E-state index in [1.165, 1.54) is 0 Å². The van der Waals surface area contributed by atoms with Gasteiger partial charge in [-0.1, -0.05) is 5.10 Å². The van der Waals surface area contributed by atoms with E-state index in [2.05, 4.69) is 20.8 Å². The molecule has 0 radical (unpaired) electrons. The van der Waals surface area contributed by atoms with Gasteiger partial charge in [-0.25, -0.2) is 0 Å². The zero-order chi connectivity index (χ0) is 11.5. The van der Waals surface area contributed by atoms with Crippen LogP contribution in [0, 0.1) is 0 Å². The largest absolute Gasteiger partial charge is 0.407 e. The van der Waals surface area contributed by atoms with Crippen LogP contribution in [0.2, 0.25) is 0 Å². The third kappa shape index (κ3) is 2.85. The molecule has 1 fully saturated rings. The molecular formula is C9H13ClN4O2. The average Bonchev–Trinajstić information content (AvgIpc) is 2.96. The number of carbonyl (C=O) groups is 1. The van der Waals surface area contributed by atoms with Crippen LogP contribution in [0.5, 0.6) is 0 Å². The molecule has 0 bridgehead atoms. The summed E-state index contributed by atoms with van der Waals surface area (Å²) in [5.41, 5.74) is 0. The van der Waals surface area contributed by atoms with Crippen molar-refractivity contribution >= 4 is 23.5 Å². The molecule has 7 heteroatoms. The number of hydrogen-bond acceptors (Lipinski definition) is 5. The van der Waals surface area contributed by atoms with Crippen molar-refractivity contribution in [2.75, 3.05) is 5.32 Å². The number of hydrogen-bond donors (Lipinski definition) is 2. The smallest absolute Gasteiger partial charge is 0.316 e. The second-order valence-corrected chi connectivity index (χ2v) is 4.05. The fourth-order valence-corrected chi connectivity index (χ4v) is 1.28. The zero-order valence-corrected chi connectivity index (χ0v) is 9.62. The van der Waals surface area contributed by atoms with Gasteiger partial charge in [0, 0.05) is 6.04 Å². The number of nitrogens with zero attached hydrogens (tertiary/aromatic N) is 2. The van der Waals surface area contributed by atoms with E-state index in [1.807, 2.05) is 0 Å². The van der Waals surface area contributed by atoms with Gasteiger partial charge in [-0.15, -0.1) is 16.7 Å². The first-order valence-electron chi connectivity index (χ1n) is 5.14. The number of amides is 1. The SMILES string of the molecule is CC(Nc1nnc(CCl)o1)C(=O)NC1CC1. The maximum Gasteiger partial charge on any atom is 0.316 e. The molecule has 2 rings (SSSR count). The lowest BCUT2D eigenvalue weighted by molar-refractivity contribution is -0.121. The minimum absolute atomic E-state index is 0.0619. The van der Waals surface area contributed by atoms with Gasteiger partial charge in [-0.05, 0) is 19.8 Å². The summed E-state index contributed by atoms with van der Waals surface area (Å²) in [4.78, 5) is 11.6. The number of anilines is 1. The van der Waals surface area contributed by atoms with Gasteiger partial charge in [-0.2, -0.15) is 0 Å². The highest BCUT2D eigenvalue weighted by Gasteiger charge is 2.26. The first-order valence-corrected chi connectivity index (χ1v) is 5.67. The van der Waals surface area contributed by atoms with E-state index in [0.717, 1.165) is 12.8 Å². The molecule has 1 atom stereocenters. The first kappa shape index (κ1) is 11.2. The summed E-state index contributed by atoms with van der Waals surface area (Å²) >= 11 is 5.51. The maximum absolute atomic E-state index is 11.6. The van der Waals surface area contributed by atoms with E-state index in [0.29, 0.717) is 11.9 Å². The van der Waals surface area contributed by atoms with E-state index in [4.69, 9.17) is 16.0 Å². The van der Waals surface area contributed by atoms with Gasteiger partial charge in [0.1, 0.15) is 11.9 Å². The Morgan fingerprint density at radius 3 is 2.94 bits per heavy atom. The highest BCUT2D eigenvalue weighted by molar-refractivity contribution is 6.16. The number of rotatable bonds is 5. The van der Waals surface area contributed by atoms with E-state index < -0.39 is 6.04 Å². The van der Waals surface area contributed by atoms with Gasteiger partial charge in [-0.3, -0.25) is 4.79 Å². The Hall–Kier alpha value is -1.30. The fraction of sp³-hybridized carbons (Fsp3) is 0.667. The molecule has 1 unspecified atom stereocenters. The monoisotopic (exact) mass is 244 g/mol. The van der Waals surface area contributed by atoms with Gasteiger partial charge < -0.3 is 15.1 Å². The molecule has 0 spiro atoms. The molecule has 1 saturated carbocycles. The Labute approximate surface area is 97.7 Å². The summed E-state index contributed by atoms with van der Waals surface area (Å²) in [5.74, 6) is 0.434. The molecule has 1 aliphatic carbocycles. The van der Waals surface area contributed by atoms with Gasteiger partial charge in [0.2, 0.25) is 11.8 Å². The van der Waals surface area contributed by atoms with Crippen molar-refractivity contribution in [3.63, 3.8) is 0 Å². The maximum atomic E-state index is 11.6. The average molecular weight is 245 g/mol. The summed E-state index contributed by atoms with van der Waals surface area (Å²) in [6.45, 7) is 1.74. The normalized spacial score (nSPS) is 16.9. The molecular weight excluding hydrogens is 232 g/mol. The lowest BCUT2D eigenvalue weighted by Crippen LogP contribution is -2.38. The van der Waals surface area contributed by atoms with Crippen LogP contribution in [0.4, 0.5) is 6.01 Å². The Balaban J connectivity index is 1.84. The molecule has 0 aliphatic heterocycles. The lowest BCUT2D eigenvalue weighted by Gasteiger charge is -2.11. The minimum Gasteiger partial charge on any atom is -0.407 e. The van der Waals surface area contributed by atoms with Gasteiger partial charge in [0.15, 0.2) is 0 Å². The Bertz CT molecular complexity index is 377. The van der Waals surface area contributed by atoms with Crippen LogP contribution in [-0.2, 0) is 10.7 Å². The number of carbonyl (C=O) groups excluding carboxylic acids is 1. The van der Waals surface area contributed by atoms with Crippen molar-refractivity contribution in [1.29, 1.82) is 0 Å². The molecule has 88 valence electrons. The first-order chi connectivity index (χ1) is 7.69. The van der Waals surface area contributed by atoms with Crippen LogP contribution in [0.1, 0.15) is 25.7 Å². The van der Waals surface area contributed by atoms with Crippen molar-refractivity contribution in [2.45, 2.75) is 37.7 Å². The van der Waals surface area contributed by atoms with Crippen molar-refractivity contribution in [3.8, 4) is 0 Å². The molecule has 0 saturated heterocycles. The quantitative estimate of drug-likeness (QED) is 0.752. The molecule has 16 heavy (non-hydrogen) atoms. The summed E-state index contributed by atoms with van der Waals surface area (Å²) in [6, 6.07) is 0.163. The van der Waals surface area contributed by atoms with Crippen LogP contribution in [0.15, 0.2) is 4.42 Å². The number of halogens is 1. The van der Waals surface area contributed by atoms with Crippen LogP contribution in [-0.4, -0.2) is 28.2 Å². The number of aromatic nitrogens is 2. The highest BCUT2D eigenvalue weighted by Crippen LogP contribution is 2.19. The van der Waals surface area contributed by atoms with Crippen molar-refractivity contribution < 1.29 is 9.21 Å². The summed E-state index contributed by atoms with van der Waals surface area (Å²) in [5, 5.41) is 13.1. The van der Waals surface area contributed by atoms with Crippen LogP contribution in [0.25, 0.3) is 0 Å². The molecule has 1 aromatic heterocycles. The number of nitrogens with one attached hydrogen (secondary N) is 2. The Morgan fingerprint density at radius 2 is 2.38 bits per heavy atom. The predicted octanol–water partition coefficient (Wildman–Crippen LogP) is 0.887. The summed E-state index contributed by atoms with van der Waals surface area (Å²) < 4.78 is 5.13. The molecule has 2 N–H and O–H groups in total. The Kier molecular flexibility index (Phi) is 3.28.